The third-order valence-corrected chi connectivity index (χ3v) is 2.42. The van der Waals surface area contributed by atoms with E-state index >= 15 is 0 Å². The first-order valence-electron chi connectivity index (χ1n) is 5.38. The monoisotopic (exact) mass is 209 g/mol. The summed E-state index contributed by atoms with van der Waals surface area (Å²) in [5.41, 5.74) is 5.81. The van der Waals surface area contributed by atoms with E-state index in [-0.39, 0.29) is 11.7 Å². The van der Waals surface area contributed by atoms with Gasteiger partial charge in [0.15, 0.2) is 5.82 Å². The smallest absolute Gasteiger partial charge is 0.215 e. The van der Waals surface area contributed by atoms with Crippen LogP contribution in [0.15, 0.2) is 12.4 Å². The first kappa shape index (κ1) is 11.9. The van der Waals surface area contributed by atoms with E-state index in [0.717, 1.165) is 13.0 Å². The predicted octanol–water partition coefficient (Wildman–Crippen LogP) is 1.46. The van der Waals surface area contributed by atoms with Crippen LogP contribution in [0.2, 0.25) is 0 Å². The number of hydrogen-bond acceptors (Lipinski definition) is 3. The zero-order valence-corrected chi connectivity index (χ0v) is 9.60. The van der Waals surface area contributed by atoms with Gasteiger partial charge in [-0.15, -0.1) is 0 Å². The molecule has 0 radical (unpaired) electrons. The number of ketones is 1. The van der Waals surface area contributed by atoms with Crippen molar-refractivity contribution in [2.75, 3.05) is 0 Å². The van der Waals surface area contributed by atoms with Crippen LogP contribution >= 0.6 is 0 Å². The van der Waals surface area contributed by atoms with E-state index in [9.17, 15) is 4.79 Å². The summed E-state index contributed by atoms with van der Waals surface area (Å²) in [4.78, 5) is 16.0. The molecular formula is C11H19N3O. The van der Waals surface area contributed by atoms with Gasteiger partial charge in [0, 0.05) is 18.9 Å². The Morgan fingerprint density at radius 2 is 2.27 bits per heavy atom. The molecule has 0 bridgehead atoms. The Morgan fingerprint density at radius 3 is 2.80 bits per heavy atom. The number of Topliss-reactive ketones (excluding diaryl/α,β-unsaturated/α-hetero) is 1. The van der Waals surface area contributed by atoms with E-state index in [0.29, 0.717) is 5.82 Å². The molecule has 0 spiro atoms. The number of aryl methyl sites for hydroxylation is 1. The summed E-state index contributed by atoms with van der Waals surface area (Å²) in [5.74, 6) is 0.561. The standard InChI is InChI=1S/C11H19N3O/c1-4-6-14-7-5-13-11(14)10(15)9(12)8(2)3/h5,7-9H,4,6,12H2,1-3H3. The van der Waals surface area contributed by atoms with Crippen molar-refractivity contribution in [3.63, 3.8) is 0 Å². The van der Waals surface area contributed by atoms with Crippen LogP contribution in [0.5, 0.6) is 0 Å². The highest BCUT2D eigenvalue weighted by molar-refractivity contribution is 5.97. The van der Waals surface area contributed by atoms with Gasteiger partial charge >= 0.3 is 0 Å². The number of carbonyl (C=O) groups is 1. The maximum absolute atomic E-state index is 11.9. The van der Waals surface area contributed by atoms with Crippen molar-refractivity contribution in [3.05, 3.63) is 18.2 Å². The van der Waals surface area contributed by atoms with Gasteiger partial charge in [-0.05, 0) is 12.3 Å². The van der Waals surface area contributed by atoms with Gasteiger partial charge in [-0.1, -0.05) is 20.8 Å². The van der Waals surface area contributed by atoms with E-state index in [1.54, 1.807) is 6.20 Å². The normalized spacial score (nSPS) is 13.1. The van der Waals surface area contributed by atoms with E-state index in [1.807, 2.05) is 24.6 Å². The second kappa shape index (κ2) is 5.07. The topological polar surface area (TPSA) is 60.9 Å². The van der Waals surface area contributed by atoms with Gasteiger partial charge in [0.1, 0.15) is 0 Å². The van der Waals surface area contributed by atoms with E-state index < -0.39 is 6.04 Å². The molecule has 1 atom stereocenters. The molecule has 84 valence electrons. The highest BCUT2D eigenvalue weighted by Crippen LogP contribution is 2.08. The van der Waals surface area contributed by atoms with Gasteiger partial charge in [0.2, 0.25) is 5.78 Å². The Kier molecular flexibility index (Phi) is 4.03. The van der Waals surface area contributed by atoms with Gasteiger partial charge in [-0.3, -0.25) is 4.79 Å². The van der Waals surface area contributed by atoms with Crippen molar-refractivity contribution in [2.24, 2.45) is 11.7 Å². The zero-order chi connectivity index (χ0) is 11.4. The van der Waals surface area contributed by atoms with Crippen molar-refractivity contribution in [1.82, 2.24) is 9.55 Å². The summed E-state index contributed by atoms with van der Waals surface area (Å²) in [6, 6.07) is -0.456. The molecule has 0 aliphatic carbocycles. The van der Waals surface area contributed by atoms with Crippen molar-refractivity contribution in [1.29, 1.82) is 0 Å². The molecule has 0 saturated heterocycles. The van der Waals surface area contributed by atoms with Crippen LogP contribution in [0.4, 0.5) is 0 Å². The summed E-state index contributed by atoms with van der Waals surface area (Å²) >= 11 is 0. The van der Waals surface area contributed by atoms with Crippen LogP contribution in [0, 0.1) is 5.92 Å². The fraction of sp³-hybridized carbons (Fsp3) is 0.636. The van der Waals surface area contributed by atoms with Gasteiger partial charge in [-0.2, -0.15) is 0 Å². The van der Waals surface area contributed by atoms with Crippen LogP contribution in [0.25, 0.3) is 0 Å². The number of nitrogens with zero attached hydrogens (tertiary/aromatic N) is 2. The molecule has 1 rings (SSSR count). The Bertz CT molecular complexity index is 330. The fourth-order valence-corrected chi connectivity index (χ4v) is 1.41. The van der Waals surface area contributed by atoms with Crippen LogP contribution < -0.4 is 5.73 Å². The number of carbonyl (C=O) groups excluding carboxylic acids is 1. The van der Waals surface area contributed by atoms with Crippen molar-refractivity contribution >= 4 is 5.78 Å². The molecule has 0 aliphatic rings. The average Bonchev–Trinajstić information content (AvgIpc) is 2.64. The highest BCUT2D eigenvalue weighted by Gasteiger charge is 2.22. The molecular weight excluding hydrogens is 190 g/mol. The second-order valence-corrected chi connectivity index (χ2v) is 4.08. The number of aromatic nitrogens is 2. The third kappa shape index (κ3) is 2.65. The lowest BCUT2D eigenvalue weighted by Gasteiger charge is -2.14. The minimum absolute atomic E-state index is 0.0662. The molecule has 1 heterocycles. The van der Waals surface area contributed by atoms with Crippen LogP contribution in [-0.4, -0.2) is 21.4 Å². The Morgan fingerprint density at radius 1 is 1.60 bits per heavy atom. The Balaban J connectivity index is 2.86. The third-order valence-electron chi connectivity index (χ3n) is 2.42. The number of nitrogens with two attached hydrogens (primary N) is 1. The van der Waals surface area contributed by atoms with E-state index in [4.69, 9.17) is 5.73 Å². The minimum Gasteiger partial charge on any atom is -0.328 e. The molecule has 4 heteroatoms. The molecule has 1 aromatic heterocycles. The minimum atomic E-state index is -0.456. The predicted molar refractivity (Wildman–Crippen MR) is 59.7 cm³/mol. The number of hydrogen-bond donors (Lipinski definition) is 1. The van der Waals surface area contributed by atoms with E-state index in [1.165, 1.54) is 0 Å². The van der Waals surface area contributed by atoms with Gasteiger partial charge in [0.25, 0.3) is 0 Å². The molecule has 0 fully saturated rings. The zero-order valence-electron chi connectivity index (χ0n) is 9.60. The lowest BCUT2D eigenvalue weighted by Crippen LogP contribution is -2.37. The lowest BCUT2D eigenvalue weighted by atomic mass is 10.0. The molecule has 1 aromatic rings. The van der Waals surface area contributed by atoms with Crippen molar-refractivity contribution in [3.8, 4) is 0 Å². The van der Waals surface area contributed by atoms with Crippen molar-refractivity contribution < 1.29 is 4.79 Å². The fourth-order valence-electron chi connectivity index (χ4n) is 1.41. The molecule has 0 aliphatic heterocycles. The van der Waals surface area contributed by atoms with Crippen molar-refractivity contribution in [2.45, 2.75) is 39.8 Å². The molecule has 2 N–H and O–H groups in total. The Labute approximate surface area is 90.5 Å². The quantitative estimate of drug-likeness (QED) is 0.747. The summed E-state index contributed by atoms with van der Waals surface area (Å²) in [5, 5.41) is 0. The largest absolute Gasteiger partial charge is 0.328 e. The second-order valence-electron chi connectivity index (χ2n) is 4.08. The van der Waals surface area contributed by atoms with Gasteiger partial charge in [0.05, 0.1) is 6.04 Å². The number of imidazole rings is 1. The first-order valence-corrected chi connectivity index (χ1v) is 5.38. The molecule has 0 aromatic carbocycles. The highest BCUT2D eigenvalue weighted by atomic mass is 16.1. The molecule has 1 unspecified atom stereocenters. The van der Waals surface area contributed by atoms with Gasteiger partial charge < -0.3 is 10.3 Å². The number of rotatable bonds is 5. The van der Waals surface area contributed by atoms with Crippen LogP contribution in [-0.2, 0) is 6.54 Å². The van der Waals surface area contributed by atoms with Crippen LogP contribution in [0.3, 0.4) is 0 Å². The summed E-state index contributed by atoms with van der Waals surface area (Å²) in [6.45, 7) is 6.76. The molecule has 15 heavy (non-hydrogen) atoms. The average molecular weight is 209 g/mol. The lowest BCUT2D eigenvalue weighted by molar-refractivity contribution is 0.0925. The maximum Gasteiger partial charge on any atom is 0.215 e. The van der Waals surface area contributed by atoms with Gasteiger partial charge in [-0.25, -0.2) is 4.98 Å². The summed E-state index contributed by atoms with van der Waals surface area (Å²) < 4.78 is 1.87. The molecule has 0 saturated carbocycles. The summed E-state index contributed by atoms with van der Waals surface area (Å²) in [7, 11) is 0. The van der Waals surface area contributed by atoms with E-state index in [2.05, 4.69) is 11.9 Å². The Hall–Kier alpha value is -1.16. The molecule has 4 nitrogen and oxygen atoms in total. The summed E-state index contributed by atoms with van der Waals surface area (Å²) in [6.07, 6.45) is 4.45. The maximum atomic E-state index is 11.9. The van der Waals surface area contributed by atoms with Crippen LogP contribution in [0.1, 0.15) is 37.8 Å². The molecule has 0 amide bonds. The first-order chi connectivity index (χ1) is 7.07. The SMILES string of the molecule is CCCn1ccnc1C(=O)C(N)C(C)C.